The minimum Gasteiger partial charge on any atom is -0.504 e. The molecule has 0 bridgehead atoms. The zero-order valence-corrected chi connectivity index (χ0v) is 16.1. The molecule has 0 unspecified atom stereocenters. The molecule has 3 aromatic rings. The normalized spacial score (nSPS) is 10.5. The zero-order chi connectivity index (χ0) is 22.5. The Morgan fingerprint density at radius 3 is 2.39 bits per heavy atom. The van der Waals surface area contributed by atoms with E-state index in [9.17, 15) is 29.9 Å². The molecule has 0 aliphatic carbocycles. The number of phenols is 2. The van der Waals surface area contributed by atoms with E-state index in [2.05, 4.69) is 5.32 Å². The average molecular weight is 422 g/mol. The van der Waals surface area contributed by atoms with E-state index >= 15 is 0 Å². The number of amides is 1. The summed E-state index contributed by atoms with van der Waals surface area (Å²) in [6.45, 7) is 0. The van der Waals surface area contributed by atoms with Crippen LogP contribution in [0.3, 0.4) is 0 Å². The minimum absolute atomic E-state index is 0.133. The number of hydrogen-bond donors (Lipinski definition) is 4. The van der Waals surface area contributed by atoms with Gasteiger partial charge in [0.1, 0.15) is 0 Å². The standard InChI is InChI=1S/C22H18N2O7/c25-19-10-14(9-18(22(19)29)24(30)31)11-20(26)23-17-7-2-1-6-16(17)15-5-3-4-13(8-15)12-21(27)28/h1-10,25,29H,11-12H2,(H,23,26)(H,27,28). The third-order valence-corrected chi connectivity index (χ3v) is 4.49. The summed E-state index contributed by atoms with van der Waals surface area (Å²) in [6.07, 6.45) is -0.409. The lowest BCUT2D eigenvalue weighted by molar-refractivity contribution is -0.386. The van der Waals surface area contributed by atoms with E-state index in [1.807, 2.05) is 0 Å². The van der Waals surface area contributed by atoms with Crippen LogP contribution in [0.25, 0.3) is 11.1 Å². The van der Waals surface area contributed by atoms with Crippen LogP contribution in [0.4, 0.5) is 11.4 Å². The van der Waals surface area contributed by atoms with Crippen LogP contribution in [0.2, 0.25) is 0 Å². The Bertz CT molecular complexity index is 1170. The van der Waals surface area contributed by atoms with Gasteiger partial charge in [-0.15, -0.1) is 0 Å². The molecule has 0 spiro atoms. The van der Waals surface area contributed by atoms with Crippen molar-refractivity contribution in [3.63, 3.8) is 0 Å². The second-order valence-corrected chi connectivity index (χ2v) is 6.78. The molecule has 0 radical (unpaired) electrons. The van der Waals surface area contributed by atoms with Gasteiger partial charge in [-0.05, 0) is 28.8 Å². The van der Waals surface area contributed by atoms with Gasteiger partial charge in [0.05, 0.1) is 17.8 Å². The van der Waals surface area contributed by atoms with Crippen LogP contribution < -0.4 is 5.32 Å². The highest BCUT2D eigenvalue weighted by molar-refractivity contribution is 5.96. The molecule has 3 rings (SSSR count). The van der Waals surface area contributed by atoms with Crippen LogP contribution >= 0.6 is 0 Å². The van der Waals surface area contributed by atoms with Crippen molar-refractivity contribution in [1.82, 2.24) is 0 Å². The molecule has 0 atom stereocenters. The number of carbonyl (C=O) groups is 2. The highest BCUT2D eigenvalue weighted by atomic mass is 16.6. The molecule has 0 fully saturated rings. The van der Waals surface area contributed by atoms with Crippen molar-refractivity contribution in [2.45, 2.75) is 12.8 Å². The van der Waals surface area contributed by atoms with E-state index in [1.165, 1.54) is 0 Å². The van der Waals surface area contributed by atoms with Gasteiger partial charge in [0, 0.05) is 17.3 Å². The first kappa shape index (κ1) is 21.3. The first-order valence-corrected chi connectivity index (χ1v) is 9.14. The molecule has 3 aromatic carbocycles. The molecule has 9 heteroatoms. The number of carbonyl (C=O) groups excluding carboxylic acids is 1. The maximum absolute atomic E-state index is 12.6. The Morgan fingerprint density at radius 1 is 0.935 bits per heavy atom. The number of nitro benzene ring substituents is 1. The topological polar surface area (TPSA) is 150 Å². The smallest absolute Gasteiger partial charge is 0.314 e. The van der Waals surface area contributed by atoms with E-state index in [-0.39, 0.29) is 18.4 Å². The third-order valence-electron chi connectivity index (χ3n) is 4.49. The van der Waals surface area contributed by atoms with Crippen molar-refractivity contribution in [3.8, 4) is 22.6 Å². The maximum Gasteiger partial charge on any atom is 0.314 e. The molecule has 0 aliphatic heterocycles. The molecule has 9 nitrogen and oxygen atoms in total. The summed E-state index contributed by atoms with van der Waals surface area (Å²) in [5.74, 6) is -2.99. The summed E-state index contributed by atoms with van der Waals surface area (Å²) in [7, 11) is 0. The fourth-order valence-corrected chi connectivity index (χ4v) is 3.15. The van der Waals surface area contributed by atoms with Crippen molar-refractivity contribution in [3.05, 3.63) is 81.9 Å². The van der Waals surface area contributed by atoms with Crippen LogP contribution in [0, 0.1) is 10.1 Å². The number of carboxylic acids is 1. The Morgan fingerprint density at radius 2 is 1.68 bits per heavy atom. The number of benzene rings is 3. The lowest BCUT2D eigenvalue weighted by atomic mass is 10.00. The number of carboxylic acid groups (broad SMARTS) is 1. The monoisotopic (exact) mass is 422 g/mol. The molecular formula is C22H18N2O7. The van der Waals surface area contributed by atoms with Gasteiger partial charge >= 0.3 is 11.7 Å². The van der Waals surface area contributed by atoms with Gasteiger partial charge in [-0.2, -0.15) is 0 Å². The predicted molar refractivity (Wildman–Crippen MR) is 112 cm³/mol. The Kier molecular flexibility index (Phi) is 6.15. The number of nitrogens with one attached hydrogen (secondary N) is 1. The number of phenolic OH excluding ortho intramolecular Hbond substituents is 2. The lowest BCUT2D eigenvalue weighted by Gasteiger charge is -2.12. The molecule has 0 heterocycles. The van der Waals surface area contributed by atoms with Crippen molar-refractivity contribution in [2.24, 2.45) is 0 Å². The molecule has 0 saturated heterocycles. The summed E-state index contributed by atoms with van der Waals surface area (Å²) in [5.41, 5.74) is 1.92. The predicted octanol–water partition coefficient (Wildman–Crippen LogP) is 3.48. The fourth-order valence-electron chi connectivity index (χ4n) is 3.15. The van der Waals surface area contributed by atoms with Crippen molar-refractivity contribution in [2.75, 3.05) is 5.32 Å². The number of para-hydroxylation sites is 1. The molecule has 4 N–H and O–H groups in total. The number of nitrogens with zero attached hydrogens (tertiary/aromatic N) is 1. The molecular weight excluding hydrogens is 404 g/mol. The van der Waals surface area contributed by atoms with Crippen molar-refractivity contribution in [1.29, 1.82) is 0 Å². The summed E-state index contributed by atoms with van der Waals surface area (Å²) in [5, 5.41) is 42.0. The summed E-state index contributed by atoms with van der Waals surface area (Å²) in [6, 6.07) is 16.0. The number of aromatic hydroxyl groups is 2. The summed E-state index contributed by atoms with van der Waals surface area (Å²) in [4.78, 5) is 33.7. The Balaban J connectivity index is 1.84. The highest BCUT2D eigenvalue weighted by Gasteiger charge is 2.20. The van der Waals surface area contributed by atoms with E-state index in [0.29, 0.717) is 22.4 Å². The molecule has 0 aliphatic rings. The lowest BCUT2D eigenvalue weighted by Crippen LogP contribution is -2.15. The SMILES string of the molecule is O=C(O)Cc1cccc(-c2ccccc2NC(=O)Cc2cc(O)c(O)c([N+](=O)[O-])c2)c1. The number of anilines is 1. The molecule has 158 valence electrons. The number of hydrogen-bond acceptors (Lipinski definition) is 6. The highest BCUT2D eigenvalue weighted by Crippen LogP contribution is 2.36. The van der Waals surface area contributed by atoms with E-state index < -0.39 is 34.0 Å². The first-order valence-electron chi connectivity index (χ1n) is 9.14. The van der Waals surface area contributed by atoms with E-state index in [0.717, 1.165) is 12.1 Å². The van der Waals surface area contributed by atoms with Crippen LogP contribution in [-0.4, -0.2) is 32.1 Å². The fraction of sp³-hybridized carbons (Fsp3) is 0.0909. The first-order chi connectivity index (χ1) is 14.7. The van der Waals surface area contributed by atoms with Crippen LogP contribution in [0.1, 0.15) is 11.1 Å². The van der Waals surface area contributed by atoms with Crippen LogP contribution in [-0.2, 0) is 22.4 Å². The second kappa shape index (κ2) is 8.95. The summed E-state index contributed by atoms with van der Waals surface area (Å²) >= 11 is 0. The number of aliphatic carboxylic acids is 1. The average Bonchev–Trinajstić information content (AvgIpc) is 2.70. The van der Waals surface area contributed by atoms with Crippen LogP contribution in [0.5, 0.6) is 11.5 Å². The van der Waals surface area contributed by atoms with Gasteiger partial charge in [-0.25, -0.2) is 0 Å². The molecule has 0 aromatic heterocycles. The van der Waals surface area contributed by atoms with Crippen LogP contribution in [0.15, 0.2) is 60.7 Å². The van der Waals surface area contributed by atoms with Gasteiger partial charge in [0.25, 0.3) is 0 Å². The largest absolute Gasteiger partial charge is 0.504 e. The maximum atomic E-state index is 12.6. The molecule has 1 amide bonds. The minimum atomic E-state index is -0.954. The van der Waals surface area contributed by atoms with Crippen molar-refractivity contribution >= 4 is 23.3 Å². The van der Waals surface area contributed by atoms with E-state index in [4.69, 9.17) is 5.11 Å². The summed E-state index contributed by atoms with van der Waals surface area (Å²) < 4.78 is 0. The van der Waals surface area contributed by atoms with Gasteiger partial charge in [0.15, 0.2) is 5.75 Å². The van der Waals surface area contributed by atoms with Gasteiger partial charge in [-0.3, -0.25) is 19.7 Å². The number of nitro groups is 1. The zero-order valence-electron chi connectivity index (χ0n) is 16.1. The van der Waals surface area contributed by atoms with Crippen molar-refractivity contribution < 1.29 is 29.8 Å². The molecule has 0 saturated carbocycles. The number of rotatable bonds is 7. The van der Waals surface area contributed by atoms with Gasteiger partial charge in [-0.1, -0.05) is 42.5 Å². The quantitative estimate of drug-likeness (QED) is 0.259. The van der Waals surface area contributed by atoms with Gasteiger partial charge in [0.2, 0.25) is 11.7 Å². The second-order valence-electron chi connectivity index (χ2n) is 6.78. The third kappa shape index (κ3) is 5.15. The Labute approximate surface area is 176 Å². The van der Waals surface area contributed by atoms with Gasteiger partial charge < -0.3 is 20.6 Å². The molecule has 31 heavy (non-hydrogen) atoms. The Hall–Kier alpha value is -4.40. The van der Waals surface area contributed by atoms with E-state index in [1.54, 1.807) is 48.5 Å².